The lowest BCUT2D eigenvalue weighted by Gasteiger charge is -2.26. The molecule has 96 valence electrons. The lowest BCUT2D eigenvalue weighted by molar-refractivity contribution is -0.143. The molecular formula is C12H20N2O3. The Balaban J connectivity index is 1.76. The van der Waals surface area contributed by atoms with E-state index in [0.717, 1.165) is 12.8 Å². The fraction of sp³-hybridized carbons (Fsp3) is 0.833. The first kappa shape index (κ1) is 12.2. The molecule has 2 rings (SSSR count). The predicted molar refractivity (Wildman–Crippen MR) is 62.6 cm³/mol. The van der Waals surface area contributed by atoms with Gasteiger partial charge in [-0.25, -0.2) is 4.79 Å². The van der Waals surface area contributed by atoms with Gasteiger partial charge in [0.2, 0.25) is 0 Å². The third kappa shape index (κ3) is 2.70. The summed E-state index contributed by atoms with van der Waals surface area (Å²) in [6, 6.07) is -0.255. The first-order chi connectivity index (χ1) is 7.86. The van der Waals surface area contributed by atoms with Gasteiger partial charge < -0.3 is 15.7 Å². The highest BCUT2D eigenvalue weighted by Gasteiger charge is 2.50. The van der Waals surface area contributed by atoms with Gasteiger partial charge in [-0.05, 0) is 45.4 Å². The lowest BCUT2D eigenvalue weighted by atomic mass is 9.99. The Morgan fingerprint density at radius 1 is 1.35 bits per heavy atom. The van der Waals surface area contributed by atoms with Gasteiger partial charge in [-0.1, -0.05) is 0 Å². The maximum absolute atomic E-state index is 11.7. The molecular weight excluding hydrogens is 220 g/mol. The summed E-state index contributed by atoms with van der Waals surface area (Å²) < 4.78 is 0. The first-order valence-electron chi connectivity index (χ1n) is 6.15. The van der Waals surface area contributed by atoms with Crippen LogP contribution in [0.15, 0.2) is 0 Å². The monoisotopic (exact) mass is 240 g/mol. The molecule has 5 nitrogen and oxygen atoms in total. The molecule has 0 unspecified atom stereocenters. The normalized spacial score (nSPS) is 21.8. The molecule has 0 bridgehead atoms. The third-order valence-electron chi connectivity index (χ3n) is 3.93. The van der Waals surface area contributed by atoms with Gasteiger partial charge in [0.15, 0.2) is 0 Å². The van der Waals surface area contributed by atoms with Crippen molar-refractivity contribution >= 4 is 12.0 Å². The summed E-state index contributed by atoms with van der Waals surface area (Å²) in [5.74, 6) is -0.248. The molecule has 5 heteroatoms. The zero-order chi connectivity index (χ0) is 12.7. The van der Waals surface area contributed by atoms with Crippen LogP contribution in [-0.2, 0) is 4.79 Å². The number of nitrogens with one attached hydrogen (secondary N) is 2. The van der Waals surface area contributed by atoms with Crippen molar-refractivity contribution < 1.29 is 14.7 Å². The topological polar surface area (TPSA) is 78.4 Å². The molecule has 0 spiro atoms. The molecule has 0 aliphatic heterocycles. The van der Waals surface area contributed by atoms with Crippen LogP contribution >= 0.6 is 0 Å². The molecule has 2 saturated carbocycles. The van der Waals surface area contributed by atoms with Crippen LogP contribution in [0.25, 0.3) is 0 Å². The van der Waals surface area contributed by atoms with E-state index >= 15 is 0 Å². The van der Waals surface area contributed by atoms with Crippen LogP contribution in [0.2, 0.25) is 0 Å². The van der Waals surface area contributed by atoms with E-state index in [4.69, 9.17) is 5.11 Å². The zero-order valence-electron chi connectivity index (χ0n) is 10.4. The van der Waals surface area contributed by atoms with Crippen molar-refractivity contribution in [3.05, 3.63) is 0 Å². The number of carbonyl (C=O) groups is 2. The summed E-state index contributed by atoms with van der Waals surface area (Å²) in [5, 5.41) is 14.6. The van der Waals surface area contributed by atoms with Crippen molar-refractivity contribution in [2.45, 2.75) is 45.1 Å². The highest BCUT2D eigenvalue weighted by Crippen LogP contribution is 2.45. The summed E-state index contributed by atoms with van der Waals surface area (Å²) in [6.45, 7) is 4.25. The van der Waals surface area contributed by atoms with Crippen molar-refractivity contribution in [3.8, 4) is 0 Å². The number of hydrogen-bond acceptors (Lipinski definition) is 2. The van der Waals surface area contributed by atoms with E-state index in [1.807, 2.05) is 13.8 Å². The number of carboxylic acid groups (broad SMARTS) is 1. The van der Waals surface area contributed by atoms with Gasteiger partial charge in [0, 0.05) is 12.1 Å². The van der Waals surface area contributed by atoms with Gasteiger partial charge in [-0.15, -0.1) is 0 Å². The second-order valence-electron chi connectivity index (χ2n) is 5.89. The number of hydrogen-bond donors (Lipinski definition) is 3. The Morgan fingerprint density at radius 2 is 1.94 bits per heavy atom. The Labute approximate surface area is 101 Å². The van der Waals surface area contributed by atoms with Crippen LogP contribution < -0.4 is 10.6 Å². The van der Waals surface area contributed by atoms with E-state index in [9.17, 15) is 9.59 Å². The van der Waals surface area contributed by atoms with Crippen molar-refractivity contribution in [1.82, 2.24) is 10.6 Å². The van der Waals surface area contributed by atoms with E-state index in [2.05, 4.69) is 10.6 Å². The summed E-state index contributed by atoms with van der Waals surface area (Å²) in [6.07, 6.45) is 3.64. The molecule has 2 fully saturated rings. The van der Waals surface area contributed by atoms with Gasteiger partial charge in [0.05, 0.1) is 5.41 Å². The smallest absolute Gasteiger partial charge is 0.315 e. The van der Waals surface area contributed by atoms with E-state index in [-0.39, 0.29) is 18.1 Å². The summed E-state index contributed by atoms with van der Waals surface area (Å²) in [7, 11) is 0. The molecule has 0 atom stereocenters. The molecule has 0 aromatic rings. The highest BCUT2D eigenvalue weighted by atomic mass is 16.4. The quantitative estimate of drug-likeness (QED) is 0.678. The minimum Gasteiger partial charge on any atom is -0.481 e. The largest absolute Gasteiger partial charge is 0.481 e. The Morgan fingerprint density at radius 3 is 2.35 bits per heavy atom. The van der Waals surface area contributed by atoms with Gasteiger partial charge in [0.1, 0.15) is 0 Å². The van der Waals surface area contributed by atoms with Crippen molar-refractivity contribution in [1.29, 1.82) is 0 Å². The van der Waals surface area contributed by atoms with Gasteiger partial charge >= 0.3 is 12.0 Å². The average molecular weight is 240 g/mol. The Bertz CT molecular complexity index is 344. The lowest BCUT2D eigenvalue weighted by Crippen LogP contribution is -2.51. The van der Waals surface area contributed by atoms with Crippen LogP contribution in [0.5, 0.6) is 0 Å². The molecule has 0 saturated heterocycles. The Hall–Kier alpha value is -1.26. The van der Waals surface area contributed by atoms with Crippen molar-refractivity contribution in [2.24, 2.45) is 11.3 Å². The SMILES string of the molecule is CC(C)(NC(=O)NCC1(C(=O)O)CC1)C1CC1. The van der Waals surface area contributed by atoms with Crippen LogP contribution in [0.1, 0.15) is 39.5 Å². The van der Waals surface area contributed by atoms with E-state index in [1.165, 1.54) is 0 Å². The number of carboxylic acids is 1. The van der Waals surface area contributed by atoms with Gasteiger partial charge in [-0.3, -0.25) is 4.79 Å². The highest BCUT2D eigenvalue weighted by molar-refractivity contribution is 5.80. The molecule has 2 aliphatic carbocycles. The van der Waals surface area contributed by atoms with Crippen LogP contribution in [-0.4, -0.2) is 29.2 Å². The number of aliphatic carboxylic acids is 1. The number of rotatable bonds is 5. The van der Waals surface area contributed by atoms with Crippen molar-refractivity contribution in [2.75, 3.05) is 6.54 Å². The van der Waals surface area contributed by atoms with Gasteiger partial charge in [0.25, 0.3) is 0 Å². The molecule has 3 N–H and O–H groups in total. The molecule has 0 radical (unpaired) electrons. The molecule has 2 aliphatic rings. The molecule has 0 aromatic heterocycles. The minimum atomic E-state index is -0.806. The van der Waals surface area contributed by atoms with Gasteiger partial charge in [-0.2, -0.15) is 0 Å². The van der Waals surface area contributed by atoms with Crippen LogP contribution in [0, 0.1) is 11.3 Å². The second-order valence-corrected chi connectivity index (χ2v) is 5.89. The molecule has 2 amide bonds. The number of amides is 2. The van der Waals surface area contributed by atoms with E-state index in [1.54, 1.807) is 0 Å². The van der Waals surface area contributed by atoms with E-state index < -0.39 is 11.4 Å². The molecule has 0 aromatic carbocycles. The average Bonchev–Trinajstić information content (AvgIpc) is 3.07. The minimum absolute atomic E-state index is 0.190. The summed E-state index contributed by atoms with van der Waals surface area (Å²) in [4.78, 5) is 22.6. The summed E-state index contributed by atoms with van der Waals surface area (Å²) >= 11 is 0. The number of urea groups is 1. The first-order valence-corrected chi connectivity index (χ1v) is 6.15. The van der Waals surface area contributed by atoms with Crippen LogP contribution in [0.3, 0.4) is 0 Å². The number of carbonyl (C=O) groups excluding carboxylic acids is 1. The maximum Gasteiger partial charge on any atom is 0.315 e. The fourth-order valence-electron chi connectivity index (χ4n) is 2.11. The zero-order valence-corrected chi connectivity index (χ0v) is 10.4. The third-order valence-corrected chi connectivity index (χ3v) is 3.93. The maximum atomic E-state index is 11.7. The molecule has 0 heterocycles. The van der Waals surface area contributed by atoms with E-state index in [0.29, 0.717) is 18.8 Å². The Kier molecular flexibility index (Phi) is 2.79. The fourth-order valence-corrected chi connectivity index (χ4v) is 2.11. The summed E-state index contributed by atoms with van der Waals surface area (Å²) in [5.41, 5.74) is -0.884. The standard InChI is InChI=1S/C12H20N2O3/c1-11(2,8-3-4-8)14-10(17)13-7-12(5-6-12)9(15)16/h8H,3-7H2,1-2H3,(H,15,16)(H2,13,14,17). The van der Waals surface area contributed by atoms with Crippen molar-refractivity contribution in [3.63, 3.8) is 0 Å². The molecule has 17 heavy (non-hydrogen) atoms. The second kappa shape index (κ2) is 3.89. The predicted octanol–water partition coefficient (Wildman–Crippen LogP) is 1.34. The van der Waals surface area contributed by atoms with Crippen LogP contribution in [0.4, 0.5) is 4.79 Å².